The molecule has 2 aromatic heterocycles. The van der Waals surface area contributed by atoms with Gasteiger partial charge in [-0.15, -0.1) is 0 Å². The van der Waals surface area contributed by atoms with Crippen LogP contribution in [0.4, 0.5) is 11.4 Å². The number of nitrogens with one attached hydrogen (secondary N) is 1. The molecule has 0 aliphatic rings. The van der Waals surface area contributed by atoms with Crippen LogP contribution >= 0.6 is 11.6 Å². The highest BCUT2D eigenvalue weighted by Gasteiger charge is 2.20. The van der Waals surface area contributed by atoms with Crippen molar-refractivity contribution in [1.29, 1.82) is 0 Å². The molecule has 3 aromatic rings. The largest absolute Gasteiger partial charge is 0.355 e. The van der Waals surface area contributed by atoms with Gasteiger partial charge in [0.15, 0.2) is 5.76 Å². The number of aromatic nitrogens is 3. The Morgan fingerprint density at radius 2 is 2.21 bits per heavy atom. The number of nitrogens with zero attached hydrogens (tertiary/aromatic N) is 4. The number of nitro benzene ring substituents is 1. The average Bonchev–Trinajstić information content (AvgIpc) is 3.17. The van der Waals surface area contributed by atoms with E-state index in [0.29, 0.717) is 5.56 Å². The summed E-state index contributed by atoms with van der Waals surface area (Å²) in [6.45, 7) is 0. The third kappa shape index (κ3) is 2.97. The van der Waals surface area contributed by atoms with Gasteiger partial charge in [-0.1, -0.05) is 16.8 Å². The van der Waals surface area contributed by atoms with E-state index >= 15 is 0 Å². The van der Waals surface area contributed by atoms with Crippen LogP contribution in [0, 0.1) is 10.1 Å². The van der Waals surface area contributed by atoms with Gasteiger partial charge in [0, 0.05) is 25.0 Å². The van der Waals surface area contributed by atoms with Crippen LogP contribution in [0.25, 0.3) is 11.3 Å². The summed E-state index contributed by atoms with van der Waals surface area (Å²) in [4.78, 5) is 22.7. The van der Waals surface area contributed by atoms with Crippen LogP contribution in [-0.2, 0) is 7.05 Å². The van der Waals surface area contributed by atoms with Crippen molar-refractivity contribution in [1.82, 2.24) is 14.9 Å². The Morgan fingerprint density at radius 3 is 2.88 bits per heavy atom. The second-order valence-electron chi connectivity index (χ2n) is 4.85. The first kappa shape index (κ1) is 15.7. The van der Waals surface area contributed by atoms with Gasteiger partial charge in [0.05, 0.1) is 22.9 Å². The summed E-state index contributed by atoms with van der Waals surface area (Å²) in [5, 5.41) is 21.1. The molecule has 9 nitrogen and oxygen atoms in total. The summed E-state index contributed by atoms with van der Waals surface area (Å²) >= 11 is 5.75. The van der Waals surface area contributed by atoms with Crippen molar-refractivity contribution in [2.75, 3.05) is 5.32 Å². The van der Waals surface area contributed by atoms with Crippen molar-refractivity contribution in [3.63, 3.8) is 0 Å². The van der Waals surface area contributed by atoms with Gasteiger partial charge >= 0.3 is 0 Å². The van der Waals surface area contributed by atoms with Crippen LogP contribution < -0.4 is 5.32 Å². The van der Waals surface area contributed by atoms with Gasteiger partial charge in [0.25, 0.3) is 11.6 Å². The molecule has 10 heteroatoms. The Balaban J connectivity index is 1.88. The molecule has 1 N–H and O–H groups in total. The number of hydrogen-bond donors (Lipinski definition) is 1. The monoisotopic (exact) mass is 347 g/mol. The fourth-order valence-electron chi connectivity index (χ4n) is 2.08. The molecule has 0 spiro atoms. The second kappa shape index (κ2) is 6.13. The van der Waals surface area contributed by atoms with E-state index in [-0.39, 0.29) is 27.7 Å². The van der Waals surface area contributed by atoms with Crippen LogP contribution in [0.15, 0.2) is 41.3 Å². The Hall–Kier alpha value is -3.20. The van der Waals surface area contributed by atoms with E-state index in [9.17, 15) is 14.9 Å². The minimum absolute atomic E-state index is 0.0148. The molecule has 0 saturated carbocycles. The maximum atomic E-state index is 12.4. The van der Waals surface area contributed by atoms with Crippen molar-refractivity contribution in [3.8, 4) is 11.3 Å². The third-order valence-electron chi connectivity index (χ3n) is 3.18. The highest BCUT2D eigenvalue weighted by Crippen LogP contribution is 2.28. The standard InChI is InChI=1S/C14H10ClN5O4/c1-19-7-8(5-16-19)13-10(6-17-24-13)14(21)18-9-2-3-11(15)12(4-9)20(22)23/h2-7H,1H3,(H,18,21). The number of aryl methyl sites for hydroxylation is 1. The number of rotatable bonds is 4. The molecular weight excluding hydrogens is 338 g/mol. The van der Waals surface area contributed by atoms with Crippen LogP contribution in [0.3, 0.4) is 0 Å². The lowest BCUT2D eigenvalue weighted by Crippen LogP contribution is -2.12. The number of anilines is 1. The predicted octanol–water partition coefficient (Wildman–Crippen LogP) is 2.89. The zero-order valence-corrected chi connectivity index (χ0v) is 13.0. The van der Waals surface area contributed by atoms with Crippen LogP contribution in [0.5, 0.6) is 0 Å². The fourth-order valence-corrected chi connectivity index (χ4v) is 2.26. The Morgan fingerprint density at radius 1 is 1.42 bits per heavy atom. The number of nitro groups is 1. The van der Waals surface area contributed by atoms with Crippen molar-refractivity contribution >= 4 is 28.9 Å². The smallest absolute Gasteiger partial charge is 0.289 e. The second-order valence-corrected chi connectivity index (χ2v) is 5.26. The first-order chi connectivity index (χ1) is 11.5. The summed E-state index contributed by atoms with van der Waals surface area (Å²) in [5.41, 5.74) is 0.699. The summed E-state index contributed by atoms with van der Waals surface area (Å²) in [7, 11) is 1.73. The SMILES string of the molecule is Cn1cc(-c2oncc2C(=O)Nc2ccc(Cl)c([N+](=O)[O-])c2)cn1. The maximum Gasteiger partial charge on any atom is 0.289 e. The van der Waals surface area contributed by atoms with Gasteiger partial charge in [-0.05, 0) is 12.1 Å². The molecule has 1 aromatic carbocycles. The lowest BCUT2D eigenvalue weighted by atomic mass is 10.1. The molecule has 0 atom stereocenters. The summed E-state index contributed by atoms with van der Waals surface area (Å²) < 4.78 is 6.67. The van der Waals surface area contributed by atoms with Crippen molar-refractivity contribution in [2.24, 2.45) is 7.05 Å². The Labute approximate surface area is 140 Å². The van der Waals surface area contributed by atoms with E-state index in [1.54, 1.807) is 17.9 Å². The molecule has 122 valence electrons. The first-order valence-electron chi connectivity index (χ1n) is 6.64. The molecule has 0 radical (unpaired) electrons. The normalized spacial score (nSPS) is 10.6. The highest BCUT2D eigenvalue weighted by molar-refractivity contribution is 6.32. The molecule has 0 aliphatic carbocycles. The number of hydrogen-bond acceptors (Lipinski definition) is 6. The lowest BCUT2D eigenvalue weighted by Gasteiger charge is -2.05. The van der Waals surface area contributed by atoms with Gasteiger partial charge < -0.3 is 9.84 Å². The van der Waals surface area contributed by atoms with Crippen LogP contribution in [0.1, 0.15) is 10.4 Å². The number of amides is 1. The number of carbonyl (C=O) groups is 1. The lowest BCUT2D eigenvalue weighted by molar-refractivity contribution is -0.384. The highest BCUT2D eigenvalue weighted by atomic mass is 35.5. The van der Waals surface area contributed by atoms with Crippen molar-refractivity contribution in [2.45, 2.75) is 0 Å². The topological polar surface area (TPSA) is 116 Å². The molecule has 0 unspecified atom stereocenters. The maximum absolute atomic E-state index is 12.4. The van der Waals surface area contributed by atoms with E-state index in [4.69, 9.17) is 16.1 Å². The molecule has 0 bridgehead atoms. The van der Waals surface area contributed by atoms with Crippen LogP contribution in [-0.4, -0.2) is 25.8 Å². The van der Waals surface area contributed by atoms with Crippen LogP contribution in [0.2, 0.25) is 5.02 Å². The fraction of sp³-hybridized carbons (Fsp3) is 0.0714. The van der Waals surface area contributed by atoms with Gasteiger partial charge in [0.1, 0.15) is 10.6 Å². The first-order valence-corrected chi connectivity index (χ1v) is 7.02. The van der Waals surface area contributed by atoms with Gasteiger partial charge in [0.2, 0.25) is 0 Å². The van der Waals surface area contributed by atoms with Crippen molar-refractivity contribution in [3.05, 3.63) is 57.5 Å². The van der Waals surface area contributed by atoms with E-state index in [2.05, 4.69) is 15.6 Å². The number of carbonyl (C=O) groups excluding carboxylic acids is 1. The molecule has 1 amide bonds. The third-order valence-corrected chi connectivity index (χ3v) is 3.50. The number of benzene rings is 1. The number of halogens is 1. The van der Waals surface area contributed by atoms with E-state index in [1.165, 1.54) is 30.6 Å². The minimum atomic E-state index is -0.627. The minimum Gasteiger partial charge on any atom is -0.355 e. The van der Waals surface area contributed by atoms with E-state index in [1.807, 2.05) is 0 Å². The van der Waals surface area contributed by atoms with E-state index in [0.717, 1.165) is 0 Å². The quantitative estimate of drug-likeness (QED) is 0.573. The molecule has 0 aliphatic heterocycles. The Kier molecular flexibility index (Phi) is 4.00. The molecular formula is C14H10ClN5O4. The summed E-state index contributed by atoms with van der Waals surface area (Å²) in [6.07, 6.45) is 4.47. The van der Waals surface area contributed by atoms with Crippen molar-refractivity contribution < 1.29 is 14.2 Å². The van der Waals surface area contributed by atoms with Gasteiger partial charge in [-0.3, -0.25) is 19.6 Å². The summed E-state index contributed by atoms with van der Waals surface area (Å²) in [5.74, 6) is -0.268. The van der Waals surface area contributed by atoms with E-state index < -0.39 is 10.8 Å². The predicted molar refractivity (Wildman–Crippen MR) is 84.8 cm³/mol. The molecule has 0 saturated heterocycles. The molecule has 3 rings (SSSR count). The molecule has 0 fully saturated rings. The Bertz CT molecular complexity index is 933. The molecule has 2 heterocycles. The molecule has 24 heavy (non-hydrogen) atoms. The summed E-state index contributed by atoms with van der Waals surface area (Å²) in [6, 6.07) is 3.98. The zero-order valence-electron chi connectivity index (χ0n) is 12.3. The average molecular weight is 348 g/mol. The van der Waals surface area contributed by atoms with Gasteiger partial charge in [-0.2, -0.15) is 5.10 Å². The van der Waals surface area contributed by atoms with Gasteiger partial charge in [-0.25, -0.2) is 0 Å². The zero-order chi connectivity index (χ0) is 17.3.